The van der Waals surface area contributed by atoms with E-state index in [1.54, 1.807) is 0 Å². The fraction of sp³-hybridized carbons (Fsp3) is 0.500. The molecule has 1 N–H and O–H groups in total. The van der Waals surface area contributed by atoms with E-state index in [4.69, 9.17) is 0 Å². The highest BCUT2D eigenvalue weighted by molar-refractivity contribution is 5.96. The first-order chi connectivity index (χ1) is 17.1. The first-order valence-electron chi connectivity index (χ1n) is 12.8. The number of carbonyl (C=O) groups excluding carboxylic acids is 2. The Morgan fingerprint density at radius 1 is 0.917 bits per heavy atom. The molecule has 2 aromatic rings. The summed E-state index contributed by atoms with van der Waals surface area (Å²) >= 11 is 0. The van der Waals surface area contributed by atoms with Gasteiger partial charge in [-0.2, -0.15) is 13.2 Å². The molecular weight excluding hydrogens is 467 g/mol. The summed E-state index contributed by atoms with van der Waals surface area (Å²) < 4.78 is 40.3. The Bertz CT molecular complexity index is 1050. The smallest absolute Gasteiger partial charge is 0.336 e. The SMILES string of the molecule is CC(C)c1ccc(NC(=O)[C@@H](C2CCCC2)N2CCN(C(=O)c3ccccc3C(F)(F)F)CC2)cc1. The van der Waals surface area contributed by atoms with Crippen LogP contribution in [0.3, 0.4) is 0 Å². The largest absolute Gasteiger partial charge is 0.417 e. The minimum Gasteiger partial charge on any atom is -0.336 e. The molecule has 0 aromatic heterocycles. The quantitative estimate of drug-likeness (QED) is 0.546. The van der Waals surface area contributed by atoms with Crippen molar-refractivity contribution in [3.8, 4) is 0 Å². The Morgan fingerprint density at radius 3 is 2.11 bits per heavy atom. The van der Waals surface area contributed by atoms with Crippen LogP contribution in [0.1, 0.15) is 66.9 Å². The molecule has 0 unspecified atom stereocenters. The fourth-order valence-electron chi connectivity index (χ4n) is 5.41. The Morgan fingerprint density at radius 2 is 1.53 bits per heavy atom. The van der Waals surface area contributed by atoms with Crippen molar-refractivity contribution in [2.45, 2.75) is 57.7 Å². The topological polar surface area (TPSA) is 52.7 Å². The van der Waals surface area contributed by atoms with Crippen LogP contribution in [0.15, 0.2) is 48.5 Å². The highest BCUT2D eigenvalue weighted by Crippen LogP contribution is 2.34. The Balaban J connectivity index is 1.45. The van der Waals surface area contributed by atoms with Gasteiger partial charge >= 0.3 is 6.18 Å². The average Bonchev–Trinajstić information content (AvgIpc) is 3.38. The fourth-order valence-corrected chi connectivity index (χ4v) is 5.41. The van der Waals surface area contributed by atoms with Crippen LogP contribution < -0.4 is 5.32 Å². The summed E-state index contributed by atoms with van der Waals surface area (Å²) in [6.07, 6.45) is -0.466. The van der Waals surface area contributed by atoms with Gasteiger partial charge in [0, 0.05) is 31.9 Å². The minimum absolute atomic E-state index is 0.0543. The van der Waals surface area contributed by atoms with Crippen LogP contribution in [0.5, 0.6) is 0 Å². The highest BCUT2D eigenvalue weighted by atomic mass is 19.4. The molecule has 2 amide bonds. The molecule has 194 valence electrons. The third-order valence-electron chi connectivity index (χ3n) is 7.42. The summed E-state index contributed by atoms with van der Waals surface area (Å²) in [7, 11) is 0. The van der Waals surface area contributed by atoms with Crippen molar-refractivity contribution in [2.24, 2.45) is 5.92 Å². The van der Waals surface area contributed by atoms with Gasteiger partial charge in [0.05, 0.1) is 17.2 Å². The monoisotopic (exact) mass is 501 g/mol. The number of nitrogens with one attached hydrogen (secondary N) is 1. The van der Waals surface area contributed by atoms with Gasteiger partial charge in [-0.05, 0) is 54.5 Å². The van der Waals surface area contributed by atoms with Gasteiger partial charge in [-0.25, -0.2) is 0 Å². The average molecular weight is 502 g/mol. The molecule has 5 nitrogen and oxygen atoms in total. The van der Waals surface area contributed by atoms with Crippen molar-refractivity contribution in [2.75, 3.05) is 31.5 Å². The molecule has 36 heavy (non-hydrogen) atoms. The number of rotatable bonds is 6. The summed E-state index contributed by atoms with van der Waals surface area (Å²) in [4.78, 5) is 30.0. The third-order valence-corrected chi connectivity index (χ3v) is 7.42. The number of alkyl halides is 3. The van der Waals surface area contributed by atoms with Crippen LogP contribution in [0.25, 0.3) is 0 Å². The Labute approximate surface area is 210 Å². The molecule has 2 aliphatic rings. The van der Waals surface area contributed by atoms with E-state index in [9.17, 15) is 22.8 Å². The van der Waals surface area contributed by atoms with Gasteiger partial charge in [0.1, 0.15) is 0 Å². The van der Waals surface area contributed by atoms with Gasteiger partial charge in [-0.1, -0.05) is 51.0 Å². The molecule has 1 saturated heterocycles. The summed E-state index contributed by atoms with van der Waals surface area (Å²) in [5, 5.41) is 3.08. The summed E-state index contributed by atoms with van der Waals surface area (Å²) in [5.41, 5.74) is 0.718. The van der Waals surface area contributed by atoms with E-state index < -0.39 is 17.6 Å². The number of halogens is 3. The molecule has 1 atom stereocenters. The third kappa shape index (κ3) is 5.91. The van der Waals surface area contributed by atoms with Gasteiger partial charge in [-0.15, -0.1) is 0 Å². The van der Waals surface area contributed by atoms with E-state index in [0.29, 0.717) is 19.0 Å². The number of amides is 2. The molecular formula is C28H34F3N3O2. The lowest BCUT2D eigenvalue weighted by Gasteiger charge is -2.41. The summed E-state index contributed by atoms with van der Waals surface area (Å²) in [5.74, 6) is -0.0349. The van der Waals surface area contributed by atoms with Crippen LogP contribution in [0, 0.1) is 5.92 Å². The maximum atomic E-state index is 13.5. The van der Waals surface area contributed by atoms with Gasteiger partial charge in [0.2, 0.25) is 5.91 Å². The molecule has 2 fully saturated rings. The zero-order valence-electron chi connectivity index (χ0n) is 20.9. The first kappa shape index (κ1) is 26.2. The maximum Gasteiger partial charge on any atom is 0.417 e. The normalized spacial score (nSPS) is 18.4. The van der Waals surface area contributed by atoms with Crippen LogP contribution in [0.2, 0.25) is 0 Å². The number of piperazine rings is 1. The van der Waals surface area contributed by atoms with Crippen LogP contribution in [-0.2, 0) is 11.0 Å². The van der Waals surface area contributed by atoms with Crippen LogP contribution in [-0.4, -0.2) is 53.8 Å². The van der Waals surface area contributed by atoms with E-state index in [1.165, 1.54) is 28.7 Å². The summed E-state index contributed by atoms with van der Waals surface area (Å²) in [6.45, 7) is 5.70. The van der Waals surface area contributed by atoms with Crippen molar-refractivity contribution >= 4 is 17.5 Å². The number of hydrogen-bond donors (Lipinski definition) is 1. The van der Waals surface area contributed by atoms with Crippen LogP contribution in [0.4, 0.5) is 18.9 Å². The minimum atomic E-state index is -4.59. The zero-order chi connectivity index (χ0) is 25.9. The molecule has 2 aromatic carbocycles. The first-order valence-corrected chi connectivity index (χ1v) is 12.8. The number of benzene rings is 2. The lowest BCUT2D eigenvalue weighted by Crippen LogP contribution is -2.57. The molecule has 1 saturated carbocycles. The maximum absolute atomic E-state index is 13.5. The molecule has 0 bridgehead atoms. The molecule has 1 aliphatic heterocycles. The van der Waals surface area contributed by atoms with E-state index in [0.717, 1.165) is 37.4 Å². The molecule has 1 heterocycles. The van der Waals surface area contributed by atoms with E-state index in [1.807, 2.05) is 24.3 Å². The van der Waals surface area contributed by atoms with Crippen LogP contribution >= 0.6 is 0 Å². The van der Waals surface area contributed by atoms with Crippen molar-refractivity contribution in [3.05, 3.63) is 65.2 Å². The lowest BCUT2D eigenvalue weighted by atomic mass is 9.94. The zero-order valence-corrected chi connectivity index (χ0v) is 20.9. The second kappa shape index (κ2) is 11.0. The van der Waals surface area contributed by atoms with Crippen molar-refractivity contribution in [1.82, 2.24) is 9.80 Å². The second-order valence-corrected chi connectivity index (χ2v) is 10.1. The Hall–Kier alpha value is -2.87. The molecule has 0 radical (unpaired) electrons. The van der Waals surface area contributed by atoms with Gasteiger partial charge in [0.25, 0.3) is 5.91 Å². The van der Waals surface area contributed by atoms with Gasteiger partial charge < -0.3 is 10.2 Å². The van der Waals surface area contributed by atoms with Crippen molar-refractivity contribution in [1.29, 1.82) is 0 Å². The summed E-state index contributed by atoms with van der Waals surface area (Å²) in [6, 6.07) is 12.5. The number of hydrogen-bond acceptors (Lipinski definition) is 3. The molecule has 4 rings (SSSR count). The van der Waals surface area contributed by atoms with Gasteiger partial charge in [-0.3, -0.25) is 14.5 Å². The van der Waals surface area contributed by atoms with E-state index in [-0.39, 0.29) is 36.5 Å². The molecule has 0 spiro atoms. The standard InChI is InChI=1S/C28H34F3N3O2/c1-19(2)20-11-13-22(14-12-20)32-26(35)25(21-7-3-4-8-21)33-15-17-34(18-16-33)27(36)23-9-5-6-10-24(23)28(29,30)31/h5-6,9-14,19,21,25H,3-4,7-8,15-18H2,1-2H3,(H,32,35)/t25-/m1/s1. The van der Waals surface area contributed by atoms with E-state index in [2.05, 4.69) is 24.1 Å². The number of anilines is 1. The van der Waals surface area contributed by atoms with E-state index >= 15 is 0 Å². The van der Waals surface area contributed by atoms with Crippen molar-refractivity contribution in [3.63, 3.8) is 0 Å². The molecule has 1 aliphatic carbocycles. The van der Waals surface area contributed by atoms with Gasteiger partial charge in [0.15, 0.2) is 0 Å². The number of carbonyl (C=O) groups is 2. The number of nitrogens with zero attached hydrogens (tertiary/aromatic N) is 2. The highest BCUT2D eigenvalue weighted by Gasteiger charge is 2.39. The lowest BCUT2D eigenvalue weighted by molar-refractivity contribution is -0.138. The second-order valence-electron chi connectivity index (χ2n) is 10.1. The predicted octanol–water partition coefficient (Wildman–Crippen LogP) is 5.78. The Kier molecular flexibility index (Phi) is 8.03. The predicted molar refractivity (Wildman–Crippen MR) is 134 cm³/mol. The van der Waals surface area contributed by atoms with Crippen molar-refractivity contribution < 1.29 is 22.8 Å². The molecule has 8 heteroatoms.